The minimum Gasteiger partial charge on any atom is -0.469 e. The average Bonchev–Trinajstić information content (AvgIpc) is 3.27. The highest BCUT2D eigenvalue weighted by molar-refractivity contribution is 7.13. The summed E-state index contributed by atoms with van der Waals surface area (Å²) in [5.41, 5.74) is 1.51. The number of aryl methyl sites for hydroxylation is 1. The largest absolute Gasteiger partial charge is 0.469 e. The Morgan fingerprint density at radius 2 is 2.27 bits per heavy atom. The third kappa shape index (κ3) is 2.35. The standard InChI is InChI=1S/C16H14N2O3S/c19-15(12-9-22-16(18-12)14-5-2-7-20-14)17-11-3-1-4-13-10(11)6-8-21-13/h2,5-9,11H,1,3-4H2,(H,17,19). The minimum absolute atomic E-state index is 0.00348. The van der Waals surface area contributed by atoms with Gasteiger partial charge < -0.3 is 14.2 Å². The van der Waals surface area contributed by atoms with Crippen LogP contribution in [0.3, 0.4) is 0 Å². The molecule has 22 heavy (non-hydrogen) atoms. The lowest BCUT2D eigenvalue weighted by atomic mass is 9.93. The van der Waals surface area contributed by atoms with E-state index in [9.17, 15) is 4.79 Å². The number of hydrogen-bond acceptors (Lipinski definition) is 5. The molecule has 0 radical (unpaired) electrons. The van der Waals surface area contributed by atoms with Crippen LogP contribution >= 0.6 is 11.3 Å². The van der Waals surface area contributed by atoms with E-state index in [-0.39, 0.29) is 11.9 Å². The Bertz CT molecular complexity index is 788. The zero-order valence-electron chi connectivity index (χ0n) is 11.7. The van der Waals surface area contributed by atoms with Gasteiger partial charge in [0.25, 0.3) is 5.91 Å². The molecule has 0 aromatic carbocycles. The summed E-state index contributed by atoms with van der Waals surface area (Å²) in [4.78, 5) is 16.8. The average molecular weight is 314 g/mol. The molecular weight excluding hydrogens is 300 g/mol. The third-order valence-electron chi connectivity index (χ3n) is 3.83. The van der Waals surface area contributed by atoms with Gasteiger partial charge in [0, 0.05) is 17.4 Å². The lowest BCUT2D eigenvalue weighted by molar-refractivity contribution is 0.0928. The zero-order valence-corrected chi connectivity index (χ0v) is 12.6. The Labute approximate surface area is 131 Å². The molecule has 0 bridgehead atoms. The summed E-state index contributed by atoms with van der Waals surface area (Å²) in [5.74, 6) is 1.50. The maximum Gasteiger partial charge on any atom is 0.271 e. The maximum absolute atomic E-state index is 12.4. The molecule has 1 aliphatic rings. The van der Waals surface area contributed by atoms with E-state index in [1.807, 2.05) is 12.1 Å². The molecule has 0 saturated carbocycles. The molecule has 0 aliphatic heterocycles. The van der Waals surface area contributed by atoms with Crippen molar-refractivity contribution in [2.24, 2.45) is 0 Å². The van der Waals surface area contributed by atoms with Crippen molar-refractivity contribution in [3.63, 3.8) is 0 Å². The summed E-state index contributed by atoms with van der Waals surface area (Å²) in [7, 11) is 0. The zero-order chi connectivity index (χ0) is 14.9. The van der Waals surface area contributed by atoms with Crippen molar-refractivity contribution in [1.82, 2.24) is 10.3 Å². The summed E-state index contributed by atoms with van der Waals surface area (Å²) in [6, 6.07) is 5.58. The molecule has 3 heterocycles. The molecule has 1 aliphatic carbocycles. The van der Waals surface area contributed by atoms with Crippen LogP contribution in [0, 0.1) is 0 Å². The van der Waals surface area contributed by atoms with Gasteiger partial charge in [0.2, 0.25) is 0 Å². The number of aromatic nitrogens is 1. The van der Waals surface area contributed by atoms with Crippen molar-refractivity contribution < 1.29 is 13.6 Å². The molecule has 5 nitrogen and oxygen atoms in total. The number of nitrogens with zero attached hydrogens (tertiary/aromatic N) is 1. The van der Waals surface area contributed by atoms with Gasteiger partial charge in [0.1, 0.15) is 11.5 Å². The Kier molecular flexibility index (Phi) is 3.31. The van der Waals surface area contributed by atoms with Crippen LogP contribution in [-0.2, 0) is 6.42 Å². The molecule has 112 valence electrons. The lowest BCUT2D eigenvalue weighted by Crippen LogP contribution is -2.30. The normalized spacial score (nSPS) is 17.2. The molecule has 3 aromatic rings. The first kappa shape index (κ1) is 13.3. The smallest absolute Gasteiger partial charge is 0.271 e. The van der Waals surface area contributed by atoms with Crippen molar-refractivity contribution in [2.75, 3.05) is 0 Å². The first-order valence-electron chi connectivity index (χ1n) is 7.18. The summed E-state index contributed by atoms with van der Waals surface area (Å²) >= 11 is 1.40. The van der Waals surface area contributed by atoms with Gasteiger partial charge in [-0.3, -0.25) is 4.79 Å². The number of amides is 1. The maximum atomic E-state index is 12.4. The van der Waals surface area contributed by atoms with Crippen molar-refractivity contribution in [2.45, 2.75) is 25.3 Å². The Hall–Kier alpha value is -2.34. The molecule has 1 atom stereocenters. The van der Waals surface area contributed by atoms with E-state index in [0.717, 1.165) is 30.6 Å². The van der Waals surface area contributed by atoms with E-state index in [1.54, 1.807) is 24.0 Å². The third-order valence-corrected chi connectivity index (χ3v) is 4.68. The predicted octanol–water partition coefficient (Wildman–Crippen LogP) is 3.80. The van der Waals surface area contributed by atoms with Crippen LogP contribution in [0.15, 0.2) is 44.9 Å². The Balaban J connectivity index is 1.52. The quantitative estimate of drug-likeness (QED) is 0.798. The van der Waals surface area contributed by atoms with Gasteiger partial charge in [-0.05, 0) is 31.0 Å². The number of hydrogen-bond donors (Lipinski definition) is 1. The molecule has 6 heteroatoms. The minimum atomic E-state index is -0.159. The molecule has 3 aromatic heterocycles. The molecule has 0 fully saturated rings. The molecule has 1 N–H and O–H groups in total. The summed E-state index contributed by atoms with van der Waals surface area (Å²) in [5, 5.41) is 5.52. The van der Waals surface area contributed by atoms with Crippen molar-refractivity contribution >= 4 is 17.2 Å². The van der Waals surface area contributed by atoms with Crippen LogP contribution < -0.4 is 5.32 Å². The number of nitrogens with one attached hydrogen (secondary N) is 1. The second-order valence-electron chi connectivity index (χ2n) is 5.23. The van der Waals surface area contributed by atoms with Gasteiger partial charge >= 0.3 is 0 Å². The van der Waals surface area contributed by atoms with E-state index in [0.29, 0.717) is 16.5 Å². The molecule has 0 spiro atoms. The molecule has 0 saturated heterocycles. The van der Waals surface area contributed by atoms with Gasteiger partial charge in [0.15, 0.2) is 10.8 Å². The van der Waals surface area contributed by atoms with E-state index < -0.39 is 0 Å². The van der Waals surface area contributed by atoms with Crippen LogP contribution in [-0.4, -0.2) is 10.9 Å². The van der Waals surface area contributed by atoms with E-state index in [1.165, 1.54) is 11.3 Å². The summed E-state index contributed by atoms with van der Waals surface area (Å²) < 4.78 is 10.8. The van der Waals surface area contributed by atoms with Crippen LogP contribution in [0.2, 0.25) is 0 Å². The van der Waals surface area contributed by atoms with Gasteiger partial charge in [-0.25, -0.2) is 4.98 Å². The van der Waals surface area contributed by atoms with Gasteiger partial charge in [-0.1, -0.05) is 0 Å². The highest BCUT2D eigenvalue weighted by atomic mass is 32.1. The SMILES string of the molecule is O=C(NC1CCCc2occc21)c1csc(-c2ccco2)n1. The highest BCUT2D eigenvalue weighted by Gasteiger charge is 2.25. The van der Waals surface area contributed by atoms with E-state index in [4.69, 9.17) is 8.83 Å². The van der Waals surface area contributed by atoms with E-state index in [2.05, 4.69) is 10.3 Å². The van der Waals surface area contributed by atoms with Crippen LogP contribution in [0.5, 0.6) is 0 Å². The van der Waals surface area contributed by atoms with Gasteiger partial charge in [0.05, 0.1) is 18.6 Å². The van der Waals surface area contributed by atoms with Crippen LogP contribution in [0.4, 0.5) is 0 Å². The van der Waals surface area contributed by atoms with E-state index >= 15 is 0 Å². The first-order valence-corrected chi connectivity index (χ1v) is 8.06. The number of thiazole rings is 1. The Morgan fingerprint density at radius 3 is 3.14 bits per heavy atom. The highest BCUT2D eigenvalue weighted by Crippen LogP contribution is 2.31. The topological polar surface area (TPSA) is 68.3 Å². The van der Waals surface area contributed by atoms with Crippen molar-refractivity contribution in [3.05, 3.63) is 53.1 Å². The molecular formula is C16H14N2O3S. The van der Waals surface area contributed by atoms with Crippen molar-refractivity contribution in [1.29, 1.82) is 0 Å². The van der Waals surface area contributed by atoms with Crippen LogP contribution in [0.25, 0.3) is 10.8 Å². The fraction of sp³-hybridized carbons (Fsp3) is 0.250. The number of carbonyl (C=O) groups excluding carboxylic acids is 1. The lowest BCUT2D eigenvalue weighted by Gasteiger charge is -2.22. The fourth-order valence-corrected chi connectivity index (χ4v) is 3.53. The second kappa shape index (κ2) is 5.46. The first-order chi connectivity index (χ1) is 10.8. The molecule has 4 rings (SSSR count). The number of fused-ring (bicyclic) bond motifs is 1. The summed E-state index contributed by atoms with van der Waals surface area (Å²) in [6.07, 6.45) is 6.16. The predicted molar refractivity (Wildman–Crippen MR) is 81.7 cm³/mol. The van der Waals surface area contributed by atoms with Crippen LogP contribution in [0.1, 0.15) is 40.7 Å². The number of furan rings is 2. The Morgan fingerprint density at radius 1 is 1.32 bits per heavy atom. The van der Waals surface area contributed by atoms with Crippen molar-refractivity contribution in [3.8, 4) is 10.8 Å². The fourth-order valence-electron chi connectivity index (χ4n) is 2.76. The monoisotopic (exact) mass is 314 g/mol. The van der Waals surface area contributed by atoms with Gasteiger partial charge in [-0.15, -0.1) is 11.3 Å². The second-order valence-corrected chi connectivity index (χ2v) is 6.09. The summed E-state index contributed by atoms with van der Waals surface area (Å²) in [6.45, 7) is 0. The number of rotatable bonds is 3. The molecule has 1 amide bonds. The number of carbonyl (C=O) groups is 1. The molecule has 1 unspecified atom stereocenters. The van der Waals surface area contributed by atoms with Gasteiger partial charge in [-0.2, -0.15) is 0 Å².